The predicted molar refractivity (Wildman–Crippen MR) is 135 cm³/mol. The van der Waals surface area contributed by atoms with E-state index in [4.69, 9.17) is 39.5 Å². The van der Waals surface area contributed by atoms with Crippen LogP contribution in [0.25, 0.3) is 0 Å². The Balaban J connectivity index is 1.47. The van der Waals surface area contributed by atoms with Crippen molar-refractivity contribution in [2.75, 3.05) is 5.32 Å². The summed E-state index contributed by atoms with van der Waals surface area (Å²) in [4.78, 5) is 23.9. The van der Waals surface area contributed by atoms with E-state index in [2.05, 4.69) is 31.8 Å². The smallest absolute Gasteiger partial charge is 0.249 e. The van der Waals surface area contributed by atoms with Gasteiger partial charge in [-0.25, -0.2) is 5.43 Å². The molecule has 2 N–H and O–H groups in total. The number of halogens is 4. The summed E-state index contributed by atoms with van der Waals surface area (Å²) in [5.74, 6) is -0.379. The number of nitrogens with one attached hydrogen (secondary N) is 2. The largest absolute Gasteiger partial charge is 0.488 e. The number of ether oxygens (including phenoxy) is 1. The molecule has 0 spiro atoms. The van der Waals surface area contributed by atoms with Gasteiger partial charge in [-0.05, 0) is 81.7 Å². The molecule has 0 radical (unpaired) electrons. The van der Waals surface area contributed by atoms with Crippen molar-refractivity contribution in [2.24, 2.45) is 5.10 Å². The van der Waals surface area contributed by atoms with E-state index in [0.717, 1.165) is 11.1 Å². The van der Waals surface area contributed by atoms with E-state index in [0.29, 0.717) is 37.6 Å². The van der Waals surface area contributed by atoms with Gasteiger partial charge in [0.15, 0.2) is 0 Å². The van der Waals surface area contributed by atoms with Crippen molar-refractivity contribution in [3.63, 3.8) is 0 Å². The van der Waals surface area contributed by atoms with Crippen LogP contribution in [-0.2, 0) is 16.2 Å². The van der Waals surface area contributed by atoms with Gasteiger partial charge in [0.1, 0.15) is 18.8 Å². The van der Waals surface area contributed by atoms with Gasteiger partial charge in [0.25, 0.3) is 0 Å². The number of anilines is 1. The highest BCUT2D eigenvalue weighted by Crippen LogP contribution is 2.28. The molecule has 0 heterocycles. The van der Waals surface area contributed by atoms with Crippen molar-refractivity contribution >= 4 is 74.4 Å². The zero-order valence-electron chi connectivity index (χ0n) is 16.9. The second-order valence-corrected chi connectivity index (χ2v) is 8.86. The summed E-state index contributed by atoms with van der Waals surface area (Å²) < 4.78 is 6.51. The van der Waals surface area contributed by atoms with Gasteiger partial charge in [-0.2, -0.15) is 5.10 Å². The Labute approximate surface area is 214 Å². The number of hydrazone groups is 1. The minimum absolute atomic E-state index is 0.317. The highest BCUT2D eigenvalue weighted by Gasteiger charge is 2.09. The van der Waals surface area contributed by atoms with Gasteiger partial charge >= 0.3 is 0 Å². The lowest BCUT2D eigenvalue weighted by Gasteiger charge is -2.09. The zero-order valence-corrected chi connectivity index (χ0v) is 20.8. The van der Waals surface area contributed by atoms with Crippen LogP contribution in [0.2, 0.25) is 15.1 Å². The fraction of sp³-hybridized carbons (Fsp3) is 0.0870. The molecule has 0 saturated heterocycles. The Morgan fingerprint density at radius 3 is 2.39 bits per heavy atom. The standard InChI is InChI=1S/C23H17BrCl3N3O3/c24-18-9-14(2-8-21(18)33-13-15-1-7-19(26)20(27)10-15)12-28-30-23(32)11-22(31)29-17-5-3-16(25)4-6-17/h1-10,12H,11,13H2,(H,29,31)(H,30,32). The molecule has 10 heteroatoms. The topological polar surface area (TPSA) is 79.8 Å². The van der Waals surface area contributed by atoms with Crippen molar-refractivity contribution in [1.82, 2.24) is 5.43 Å². The molecule has 0 aliphatic heterocycles. The average Bonchev–Trinajstić information content (AvgIpc) is 2.77. The summed E-state index contributed by atoms with van der Waals surface area (Å²) in [6, 6.07) is 17.2. The molecule has 0 aliphatic carbocycles. The lowest BCUT2D eigenvalue weighted by atomic mass is 10.2. The van der Waals surface area contributed by atoms with Crippen molar-refractivity contribution < 1.29 is 14.3 Å². The molecule has 3 aromatic carbocycles. The molecule has 170 valence electrons. The third-order valence-corrected chi connectivity index (χ3v) is 5.80. The van der Waals surface area contributed by atoms with E-state index in [1.807, 2.05) is 6.07 Å². The first-order valence-corrected chi connectivity index (χ1v) is 11.5. The van der Waals surface area contributed by atoms with Crippen molar-refractivity contribution in [3.8, 4) is 5.75 Å². The predicted octanol–water partition coefficient (Wildman–Crippen LogP) is 6.47. The molecule has 0 fully saturated rings. The Morgan fingerprint density at radius 1 is 0.939 bits per heavy atom. The summed E-state index contributed by atoms with van der Waals surface area (Å²) in [6.07, 6.45) is 1.09. The molecule has 2 amide bonds. The number of benzene rings is 3. The zero-order chi connectivity index (χ0) is 23.8. The minimum atomic E-state index is -0.543. The van der Waals surface area contributed by atoms with E-state index in [1.165, 1.54) is 6.21 Å². The van der Waals surface area contributed by atoms with Crippen LogP contribution in [0, 0.1) is 0 Å². The molecule has 3 rings (SSSR count). The first-order chi connectivity index (χ1) is 15.8. The van der Waals surface area contributed by atoms with E-state index in [-0.39, 0.29) is 6.42 Å². The molecular formula is C23H17BrCl3N3O3. The van der Waals surface area contributed by atoms with E-state index < -0.39 is 11.8 Å². The first kappa shape index (κ1) is 25.1. The van der Waals surface area contributed by atoms with Gasteiger partial charge in [-0.3, -0.25) is 9.59 Å². The van der Waals surface area contributed by atoms with Crippen molar-refractivity contribution in [3.05, 3.63) is 91.3 Å². The van der Waals surface area contributed by atoms with Crippen LogP contribution in [0.4, 0.5) is 5.69 Å². The quantitative estimate of drug-likeness (QED) is 0.186. The van der Waals surface area contributed by atoms with Crippen LogP contribution < -0.4 is 15.5 Å². The third kappa shape index (κ3) is 8.05. The second-order valence-electron chi connectivity index (χ2n) is 6.75. The number of amides is 2. The van der Waals surface area contributed by atoms with Crippen LogP contribution >= 0.6 is 50.7 Å². The monoisotopic (exact) mass is 567 g/mol. The fourth-order valence-electron chi connectivity index (χ4n) is 2.61. The number of hydrogen-bond acceptors (Lipinski definition) is 4. The Bertz CT molecular complexity index is 1190. The van der Waals surface area contributed by atoms with Crippen molar-refractivity contribution in [2.45, 2.75) is 13.0 Å². The van der Waals surface area contributed by atoms with Crippen LogP contribution in [-0.4, -0.2) is 18.0 Å². The highest BCUT2D eigenvalue weighted by molar-refractivity contribution is 9.10. The molecule has 0 saturated carbocycles. The van der Waals surface area contributed by atoms with Gasteiger partial charge in [-0.15, -0.1) is 0 Å². The molecule has 3 aromatic rings. The summed E-state index contributed by atoms with van der Waals surface area (Å²) in [5.41, 5.74) is 4.47. The number of carbonyl (C=O) groups excluding carboxylic acids is 2. The van der Waals surface area contributed by atoms with Crippen LogP contribution in [0.1, 0.15) is 17.5 Å². The lowest BCUT2D eigenvalue weighted by molar-refractivity contribution is -0.126. The minimum Gasteiger partial charge on any atom is -0.488 e. The van der Waals surface area contributed by atoms with Crippen LogP contribution in [0.5, 0.6) is 5.75 Å². The van der Waals surface area contributed by atoms with E-state index >= 15 is 0 Å². The average molecular weight is 570 g/mol. The molecule has 0 aromatic heterocycles. The Morgan fingerprint density at radius 2 is 1.70 bits per heavy atom. The molecule has 33 heavy (non-hydrogen) atoms. The number of nitrogens with zero attached hydrogens (tertiary/aromatic N) is 1. The summed E-state index contributed by atoms with van der Waals surface area (Å²) in [5, 5.41) is 8.00. The maximum atomic E-state index is 11.9. The molecular weight excluding hydrogens is 553 g/mol. The van der Waals surface area contributed by atoms with Gasteiger partial charge in [0.2, 0.25) is 11.8 Å². The SMILES string of the molecule is O=C(CC(=O)Nc1ccc(Cl)cc1)NN=Cc1ccc(OCc2ccc(Cl)c(Cl)c2)c(Br)c1. The first-order valence-electron chi connectivity index (χ1n) is 9.54. The maximum absolute atomic E-state index is 11.9. The molecule has 0 bridgehead atoms. The van der Waals surface area contributed by atoms with Crippen LogP contribution in [0.15, 0.2) is 70.2 Å². The van der Waals surface area contributed by atoms with E-state index in [1.54, 1.807) is 54.6 Å². The Kier molecular flexibility index (Phi) is 9.14. The summed E-state index contributed by atoms with van der Waals surface area (Å²) in [6.45, 7) is 0.317. The highest BCUT2D eigenvalue weighted by atomic mass is 79.9. The normalized spacial score (nSPS) is 10.8. The summed E-state index contributed by atoms with van der Waals surface area (Å²) >= 11 is 21.2. The van der Waals surface area contributed by atoms with E-state index in [9.17, 15) is 9.59 Å². The summed E-state index contributed by atoms with van der Waals surface area (Å²) in [7, 11) is 0. The number of hydrogen-bond donors (Lipinski definition) is 2. The fourth-order valence-corrected chi connectivity index (χ4v) is 3.57. The molecule has 0 atom stereocenters. The third-order valence-electron chi connectivity index (χ3n) is 4.19. The van der Waals surface area contributed by atoms with Crippen molar-refractivity contribution in [1.29, 1.82) is 0 Å². The molecule has 0 aliphatic rings. The molecule has 0 unspecified atom stereocenters. The second kappa shape index (κ2) is 12.0. The Hall–Kier alpha value is -2.58. The van der Waals surface area contributed by atoms with Crippen LogP contribution in [0.3, 0.4) is 0 Å². The number of rotatable bonds is 8. The van der Waals surface area contributed by atoms with Gasteiger partial charge in [0, 0.05) is 10.7 Å². The van der Waals surface area contributed by atoms with Gasteiger partial charge in [0.05, 0.1) is 20.7 Å². The van der Waals surface area contributed by atoms with Gasteiger partial charge < -0.3 is 10.1 Å². The number of carbonyl (C=O) groups is 2. The molecule has 6 nitrogen and oxygen atoms in total. The lowest BCUT2D eigenvalue weighted by Crippen LogP contribution is -2.24. The van der Waals surface area contributed by atoms with Gasteiger partial charge in [-0.1, -0.05) is 40.9 Å². The maximum Gasteiger partial charge on any atom is 0.249 e.